The summed E-state index contributed by atoms with van der Waals surface area (Å²) in [4.78, 5) is 11.7. The van der Waals surface area contributed by atoms with E-state index in [9.17, 15) is 9.90 Å². The molecule has 1 fully saturated rings. The van der Waals surface area contributed by atoms with Crippen LogP contribution < -0.4 is 0 Å². The lowest BCUT2D eigenvalue weighted by Gasteiger charge is -2.22. The first-order chi connectivity index (χ1) is 11.3. The Balaban J connectivity index is 1.65. The minimum absolute atomic E-state index is 0.0840. The Morgan fingerprint density at radius 1 is 1.22 bits per heavy atom. The average Bonchev–Trinajstić information content (AvgIpc) is 2.59. The molecule has 0 unspecified atom stereocenters. The standard InChI is InChI=1S/C19H22O4/c20-19(21)18-15(11-10-14-6-1-2-8-16(14)18)7-5-13-23-17-9-3-4-12-22-17/h1-2,6,8,10-11,17H,3-5,7,9,12-13H2,(H,20,21)/t17-/m0/s1. The van der Waals surface area contributed by atoms with Crippen LogP contribution in [0, 0.1) is 0 Å². The summed E-state index contributed by atoms with van der Waals surface area (Å²) < 4.78 is 11.3. The fraction of sp³-hybridized carbons (Fsp3) is 0.421. The molecular formula is C19H22O4. The van der Waals surface area contributed by atoms with Gasteiger partial charge in [-0.05, 0) is 48.4 Å². The SMILES string of the molecule is O=C(O)c1c(CCCO[C@H]2CCCCO2)ccc2ccccc12. The first kappa shape index (κ1) is 16.0. The number of carboxylic acid groups (broad SMARTS) is 1. The van der Waals surface area contributed by atoms with Crippen LogP contribution in [0.4, 0.5) is 0 Å². The molecule has 1 atom stereocenters. The fourth-order valence-corrected chi connectivity index (χ4v) is 3.10. The molecular weight excluding hydrogens is 292 g/mol. The zero-order valence-electron chi connectivity index (χ0n) is 13.2. The largest absolute Gasteiger partial charge is 0.478 e. The number of fused-ring (bicyclic) bond motifs is 1. The topological polar surface area (TPSA) is 55.8 Å². The van der Waals surface area contributed by atoms with Gasteiger partial charge >= 0.3 is 5.97 Å². The second-order valence-corrected chi connectivity index (χ2v) is 5.90. The number of benzene rings is 2. The smallest absolute Gasteiger partial charge is 0.336 e. The van der Waals surface area contributed by atoms with Gasteiger partial charge in [-0.15, -0.1) is 0 Å². The first-order valence-corrected chi connectivity index (χ1v) is 8.23. The average molecular weight is 314 g/mol. The summed E-state index contributed by atoms with van der Waals surface area (Å²) in [5.41, 5.74) is 1.28. The molecule has 0 aliphatic carbocycles. The Kier molecular flexibility index (Phi) is 5.26. The lowest BCUT2D eigenvalue weighted by molar-refractivity contribution is -0.162. The van der Waals surface area contributed by atoms with Gasteiger partial charge in [-0.1, -0.05) is 36.4 Å². The lowest BCUT2D eigenvalue weighted by Crippen LogP contribution is -2.22. The van der Waals surface area contributed by atoms with Gasteiger partial charge in [0, 0.05) is 6.61 Å². The molecule has 0 aromatic heterocycles. The van der Waals surface area contributed by atoms with Crippen LogP contribution in [0.1, 0.15) is 41.6 Å². The zero-order valence-corrected chi connectivity index (χ0v) is 13.2. The second-order valence-electron chi connectivity index (χ2n) is 5.90. The number of carboxylic acids is 1. The van der Waals surface area contributed by atoms with Crippen LogP contribution in [-0.4, -0.2) is 30.6 Å². The van der Waals surface area contributed by atoms with E-state index in [1.165, 1.54) is 0 Å². The first-order valence-electron chi connectivity index (χ1n) is 8.23. The van der Waals surface area contributed by atoms with Gasteiger partial charge in [0.15, 0.2) is 6.29 Å². The summed E-state index contributed by atoms with van der Waals surface area (Å²) in [6.07, 6.45) is 4.62. The number of carbonyl (C=O) groups is 1. The third kappa shape index (κ3) is 3.89. The number of hydrogen-bond acceptors (Lipinski definition) is 3. The van der Waals surface area contributed by atoms with Crippen LogP contribution >= 0.6 is 0 Å². The normalized spacial score (nSPS) is 18.2. The van der Waals surface area contributed by atoms with Crippen molar-refractivity contribution in [1.29, 1.82) is 0 Å². The molecule has 0 bridgehead atoms. The van der Waals surface area contributed by atoms with Gasteiger partial charge < -0.3 is 14.6 Å². The monoisotopic (exact) mass is 314 g/mol. The van der Waals surface area contributed by atoms with Gasteiger partial charge in [0.05, 0.1) is 12.2 Å². The van der Waals surface area contributed by atoms with E-state index in [0.717, 1.165) is 48.6 Å². The summed E-state index contributed by atoms with van der Waals surface area (Å²) in [5.74, 6) is -0.867. The Hall–Kier alpha value is -1.91. The molecule has 0 saturated carbocycles. The number of hydrogen-bond donors (Lipinski definition) is 1. The van der Waals surface area contributed by atoms with E-state index in [0.29, 0.717) is 18.6 Å². The van der Waals surface area contributed by atoms with E-state index in [1.54, 1.807) is 0 Å². The van der Waals surface area contributed by atoms with Gasteiger partial charge in [-0.3, -0.25) is 0 Å². The van der Waals surface area contributed by atoms with Crippen molar-refractivity contribution >= 4 is 16.7 Å². The molecule has 0 spiro atoms. The van der Waals surface area contributed by atoms with Crippen LogP contribution in [0.15, 0.2) is 36.4 Å². The van der Waals surface area contributed by atoms with Crippen molar-refractivity contribution in [1.82, 2.24) is 0 Å². The summed E-state index contributed by atoms with van der Waals surface area (Å²) in [6.45, 7) is 1.37. The van der Waals surface area contributed by atoms with Crippen molar-refractivity contribution < 1.29 is 19.4 Å². The van der Waals surface area contributed by atoms with Crippen molar-refractivity contribution in [2.75, 3.05) is 13.2 Å². The molecule has 3 rings (SSSR count). The molecule has 0 radical (unpaired) electrons. The van der Waals surface area contributed by atoms with E-state index in [1.807, 2.05) is 36.4 Å². The van der Waals surface area contributed by atoms with Crippen LogP contribution in [-0.2, 0) is 15.9 Å². The van der Waals surface area contributed by atoms with E-state index in [-0.39, 0.29) is 6.29 Å². The van der Waals surface area contributed by atoms with E-state index in [2.05, 4.69) is 0 Å². The molecule has 4 heteroatoms. The maximum Gasteiger partial charge on any atom is 0.336 e. The third-order valence-electron chi connectivity index (χ3n) is 4.26. The van der Waals surface area contributed by atoms with E-state index < -0.39 is 5.97 Å². The molecule has 23 heavy (non-hydrogen) atoms. The maximum absolute atomic E-state index is 11.7. The van der Waals surface area contributed by atoms with Crippen molar-refractivity contribution in [3.63, 3.8) is 0 Å². The summed E-state index contributed by atoms with van der Waals surface area (Å²) >= 11 is 0. The predicted molar refractivity (Wildman–Crippen MR) is 88.8 cm³/mol. The van der Waals surface area contributed by atoms with Crippen molar-refractivity contribution in [3.05, 3.63) is 47.5 Å². The summed E-state index contributed by atoms with van der Waals surface area (Å²) in [5, 5.41) is 11.3. The number of ether oxygens (including phenoxy) is 2. The molecule has 1 N–H and O–H groups in total. The molecule has 1 aliphatic rings. The van der Waals surface area contributed by atoms with Crippen LogP contribution in [0.25, 0.3) is 10.8 Å². The van der Waals surface area contributed by atoms with Crippen LogP contribution in [0.2, 0.25) is 0 Å². The highest BCUT2D eigenvalue weighted by Crippen LogP contribution is 2.24. The van der Waals surface area contributed by atoms with Gasteiger partial charge in [-0.2, -0.15) is 0 Å². The molecule has 122 valence electrons. The third-order valence-corrected chi connectivity index (χ3v) is 4.26. The maximum atomic E-state index is 11.7. The molecule has 1 aliphatic heterocycles. The quantitative estimate of drug-likeness (QED) is 0.818. The lowest BCUT2D eigenvalue weighted by atomic mass is 9.96. The van der Waals surface area contributed by atoms with E-state index >= 15 is 0 Å². The number of aromatic carboxylic acids is 1. The highest BCUT2D eigenvalue weighted by atomic mass is 16.7. The van der Waals surface area contributed by atoms with Gasteiger partial charge in [0.2, 0.25) is 0 Å². The highest BCUT2D eigenvalue weighted by Gasteiger charge is 2.16. The Bertz CT molecular complexity index is 674. The van der Waals surface area contributed by atoms with E-state index in [4.69, 9.17) is 9.47 Å². The van der Waals surface area contributed by atoms with Crippen molar-refractivity contribution in [2.45, 2.75) is 38.4 Å². The number of aryl methyl sites for hydroxylation is 1. The Labute approximate surface area is 136 Å². The van der Waals surface area contributed by atoms with Crippen molar-refractivity contribution in [2.24, 2.45) is 0 Å². The molecule has 1 saturated heterocycles. The van der Waals surface area contributed by atoms with Crippen LogP contribution in [0.3, 0.4) is 0 Å². The molecule has 4 nitrogen and oxygen atoms in total. The molecule has 1 heterocycles. The van der Waals surface area contributed by atoms with Crippen LogP contribution in [0.5, 0.6) is 0 Å². The van der Waals surface area contributed by atoms with Gasteiger partial charge in [-0.25, -0.2) is 4.79 Å². The van der Waals surface area contributed by atoms with Gasteiger partial charge in [0.1, 0.15) is 0 Å². The summed E-state index contributed by atoms with van der Waals surface area (Å²) in [7, 11) is 0. The zero-order chi connectivity index (χ0) is 16.1. The second kappa shape index (κ2) is 7.57. The Morgan fingerprint density at radius 3 is 2.87 bits per heavy atom. The molecule has 0 amide bonds. The van der Waals surface area contributed by atoms with Gasteiger partial charge in [0.25, 0.3) is 0 Å². The predicted octanol–water partition coefficient (Wildman–Crippen LogP) is 4.01. The van der Waals surface area contributed by atoms with Crippen molar-refractivity contribution in [3.8, 4) is 0 Å². The summed E-state index contributed by atoms with van der Waals surface area (Å²) in [6, 6.07) is 11.5. The fourth-order valence-electron chi connectivity index (χ4n) is 3.10. The Morgan fingerprint density at radius 2 is 2.09 bits per heavy atom. The minimum Gasteiger partial charge on any atom is -0.478 e. The number of rotatable bonds is 6. The molecule has 2 aromatic rings. The minimum atomic E-state index is -0.867. The molecule has 2 aromatic carbocycles. The highest BCUT2D eigenvalue weighted by molar-refractivity contribution is 6.05.